The lowest BCUT2D eigenvalue weighted by atomic mass is 10.1. The van der Waals surface area contributed by atoms with Crippen molar-refractivity contribution in [1.82, 2.24) is 10.2 Å². The minimum atomic E-state index is -0.580. The third-order valence-corrected chi connectivity index (χ3v) is 6.53. The van der Waals surface area contributed by atoms with Crippen LogP contribution in [-0.4, -0.2) is 46.6 Å². The van der Waals surface area contributed by atoms with E-state index < -0.39 is 11.0 Å². The van der Waals surface area contributed by atoms with Gasteiger partial charge in [-0.1, -0.05) is 38.1 Å². The molecule has 2 rings (SSSR count). The molecule has 2 amide bonds. The molecule has 0 heterocycles. The normalized spacial score (nSPS) is 12.5. The monoisotopic (exact) mass is 487 g/mol. The molecule has 0 fully saturated rings. The first-order chi connectivity index (χ1) is 16.3. The number of ether oxygens (including phenoxy) is 1. The van der Waals surface area contributed by atoms with Crippen LogP contribution < -0.4 is 10.1 Å². The van der Waals surface area contributed by atoms with Gasteiger partial charge in [-0.25, -0.2) is 0 Å². The molecule has 1 N–H and O–H groups in total. The van der Waals surface area contributed by atoms with E-state index in [4.69, 9.17) is 4.74 Å². The highest BCUT2D eigenvalue weighted by atomic mass is 32.2. The van der Waals surface area contributed by atoms with Gasteiger partial charge in [0.2, 0.25) is 11.8 Å². The standard InChI is InChI=1S/C25H33N3O5S/c1-5-18(3)26-25(30)23(6-2)27(15-19-9-13-22(33-4)14-10-19)24(29)17-34-16-20-7-11-21(12-8-20)28(31)32/h7-14,18,23H,5-6,15-17H2,1-4H3,(H,26,30)/t18-,23+/m0/s1. The molecule has 0 saturated carbocycles. The van der Waals surface area contributed by atoms with Gasteiger partial charge < -0.3 is 15.0 Å². The Kier molecular flexibility index (Phi) is 10.9. The lowest BCUT2D eigenvalue weighted by Crippen LogP contribution is -2.51. The molecule has 0 saturated heterocycles. The number of carbonyl (C=O) groups is 2. The maximum atomic E-state index is 13.3. The molecule has 0 unspecified atom stereocenters. The molecule has 2 aromatic rings. The summed E-state index contributed by atoms with van der Waals surface area (Å²) >= 11 is 1.42. The third kappa shape index (κ3) is 8.06. The van der Waals surface area contributed by atoms with E-state index in [2.05, 4.69) is 5.32 Å². The van der Waals surface area contributed by atoms with Gasteiger partial charge in [-0.15, -0.1) is 11.8 Å². The first kappa shape index (κ1) is 27.2. The summed E-state index contributed by atoms with van der Waals surface area (Å²) in [5, 5.41) is 13.8. The second-order valence-corrected chi connectivity index (χ2v) is 9.01. The Morgan fingerprint density at radius 1 is 1.06 bits per heavy atom. The number of amides is 2. The number of hydrogen-bond acceptors (Lipinski definition) is 6. The summed E-state index contributed by atoms with van der Waals surface area (Å²) in [6.07, 6.45) is 1.30. The van der Waals surface area contributed by atoms with E-state index in [1.165, 1.54) is 23.9 Å². The molecule has 8 nitrogen and oxygen atoms in total. The molecule has 2 aromatic carbocycles. The SMILES string of the molecule is CC[C@H](C(=O)N[C@@H](C)CC)N(Cc1ccc(OC)cc1)C(=O)CSCc1ccc([N+](=O)[O-])cc1. The topological polar surface area (TPSA) is 102 Å². The Hall–Kier alpha value is -3.07. The fraction of sp³-hybridized carbons (Fsp3) is 0.440. The van der Waals surface area contributed by atoms with Gasteiger partial charge in [0.05, 0.1) is 17.8 Å². The molecule has 34 heavy (non-hydrogen) atoms. The Morgan fingerprint density at radius 3 is 2.21 bits per heavy atom. The zero-order valence-electron chi connectivity index (χ0n) is 20.2. The number of methoxy groups -OCH3 is 1. The fourth-order valence-corrected chi connectivity index (χ4v) is 4.21. The van der Waals surface area contributed by atoms with Crippen molar-refractivity contribution in [2.45, 2.75) is 58.0 Å². The van der Waals surface area contributed by atoms with E-state index >= 15 is 0 Å². The van der Waals surface area contributed by atoms with Crippen LogP contribution in [0.3, 0.4) is 0 Å². The van der Waals surface area contributed by atoms with Crippen LogP contribution in [-0.2, 0) is 21.9 Å². The van der Waals surface area contributed by atoms with Crippen LogP contribution in [0.4, 0.5) is 5.69 Å². The van der Waals surface area contributed by atoms with Crippen molar-refractivity contribution in [2.24, 2.45) is 0 Å². The molecule has 0 bridgehead atoms. The Morgan fingerprint density at radius 2 is 1.68 bits per heavy atom. The van der Waals surface area contributed by atoms with Crippen molar-refractivity contribution in [1.29, 1.82) is 0 Å². The molecule has 0 aliphatic carbocycles. The van der Waals surface area contributed by atoms with Gasteiger partial charge in [0.25, 0.3) is 5.69 Å². The van der Waals surface area contributed by atoms with Crippen LogP contribution in [0.1, 0.15) is 44.7 Å². The minimum absolute atomic E-state index is 0.0241. The lowest BCUT2D eigenvalue weighted by molar-refractivity contribution is -0.384. The highest BCUT2D eigenvalue weighted by Crippen LogP contribution is 2.20. The zero-order chi connectivity index (χ0) is 25.1. The number of benzene rings is 2. The number of non-ortho nitro benzene ring substituents is 1. The number of rotatable bonds is 13. The molecule has 0 aliphatic heterocycles. The number of nitro benzene ring substituents is 1. The number of thioether (sulfide) groups is 1. The van der Waals surface area contributed by atoms with Crippen LogP contribution in [0.15, 0.2) is 48.5 Å². The van der Waals surface area contributed by atoms with Crippen LogP contribution in [0, 0.1) is 10.1 Å². The van der Waals surface area contributed by atoms with E-state index in [9.17, 15) is 19.7 Å². The van der Waals surface area contributed by atoms with Crippen LogP contribution in [0.25, 0.3) is 0 Å². The Balaban J connectivity index is 2.12. The summed E-state index contributed by atoms with van der Waals surface area (Å²) in [6.45, 7) is 6.16. The smallest absolute Gasteiger partial charge is 0.269 e. The number of hydrogen-bond donors (Lipinski definition) is 1. The molecule has 0 aliphatic rings. The van der Waals surface area contributed by atoms with Crippen molar-refractivity contribution in [3.8, 4) is 5.75 Å². The molecule has 2 atom stereocenters. The van der Waals surface area contributed by atoms with Crippen molar-refractivity contribution >= 4 is 29.3 Å². The molecular weight excluding hydrogens is 454 g/mol. The van der Waals surface area contributed by atoms with Crippen molar-refractivity contribution in [3.05, 3.63) is 69.8 Å². The van der Waals surface area contributed by atoms with Gasteiger partial charge in [-0.3, -0.25) is 19.7 Å². The predicted octanol–water partition coefficient (Wildman–Crippen LogP) is 4.56. The van der Waals surface area contributed by atoms with E-state index in [1.54, 1.807) is 24.1 Å². The number of nitrogens with zero attached hydrogens (tertiary/aromatic N) is 2. The quantitative estimate of drug-likeness (QED) is 0.328. The summed E-state index contributed by atoms with van der Waals surface area (Å²) in [7, 11) is 1.60. The van der Waals surface area contributed by atoms with Crippen LogP contribution in [0.2, 0.25) is 0 Å². The summed E-state index contributed by atoms with van der Waals surface area (Å²) in [5.74, 6) is 1.17. The second kappa shape index (κ2) is 13.6. The maximum absolute atomic E-state index is 13.3. The van der Waals surface area contributed by atoms with Crippen molar-refractivity contribution in [2.75, 3.05) is 12.9 Å². The summed E-state index contributed by atoms with van der Waals surface area (Å²) in [5.41, 5.74) is 1.84. The van der Waals surface area contributed by atoms with Gasteiger partial charge in [0.15, 0.2) is 0 Å². The zero-order valence-corrected chi connectivity index (χ0v) is 21.0. The largest absolute Gasteiger partial charge is 0.497 e. The van der Waals surface area contributed by atoms with Gasteiger partial charge in [-0.05, 0) is 43.0 Å². The average molecular weight is 488 g/mol. The van der Waals surface area contributed by atoms with Crippen LogP contribution >= 0.6 is 11.8 Å². The molecule has 9 heteroatoms. The number of carbonyl (C=O) groups excluding carboxylic acids is 2. The number of nitro groups is 1. The first-order valence-corrected chi connectivity index (χ1v) is 12.5. The predicted molar refractivity (Wildman–Crippen MR) is 135 cm³/mol. The minimum Gasteiger partial charge on any atom is -0.497 e. The molecule has 0 aromatic heterocycles. The summed E-state index contributed by atoms with van der Waals surface area (Å²) in [6, 6.07) is 13.2. The van der Waals surface area contributed by atoms with Crippen molar-refractivity contribution in [3.63, 3.8) is 0 Å². The van der Waals surface area contributed by atoms with E-state index in [-0.39, 0.29) is 29.3 Å². The molecular formula is C25H33N3O5S. The highest BCUT2D eigenvalue weighted by molar-refractivity contribution is 7.99. The summed E-state index contributed by atoms with van der Waals surface area (Å²) < 4.78 is 5.21. The molecule has 184 valence electrons. The van der Waals surface area contributed by atoms with Crippen LogP contribution in [0.5, 0.6) is 5.75 Å². The van der Waals surface area contributed by atoms with E-state index in [0.29, 0.717) is 18.7 Å². The van der Waals surface area contributed by atoms with E-state index in [1.807, 2.05) is 45.0 Å². The average Bonchev–Trinajstić information content (AvgIpc) is 2.84. The third-order valence-electron chi connectivity index (χ3n) is 5.54. The van der Waals surface area contributed by atoms with E-state index in [0.717, 1.165) is 23.3 Å². The van der Waals surface area contributed by atoms with Crippen molar-refractivity contribution < 1.29 is 19.2 Å². The fourth-order valence-electron chi connectivity index (χ4n) is 3.34. The van der Waals surface area contributed by atoms with Gasteiger partial charge in [0, 0.05) is 30.5 Å². The van der Waals surface area contributed by atoms with Gasteiger partial charge in [-0.2, -0.15) is 0 Å². The number of nitrogens with one attached hydrogen (secondary N) is 1. The first-order valence-electron chi connectivity index (χ1n) is 11.3. The second-order valence-electron chi connectivity index (χ2n) is 8.03. The maximum Gasteiger partial charge on any atom is 0.269 e. The highest BCUT2D eigenvalue weighted by Gasteiger charge is 2.29. The molecule has 0 radical (unpaired) electrons. The Bertz CT molecular complexity index is 950. The Labute approximate surface area is 205 Å². The van der Waals surface area contributed by atoms with Gasteiger partial charge in [0.1, 0.15) is 11.8 Å². The lowest BCUT2D eigenvalue weighted by Gasteiger charge is -2.31. The van der Waals surface area contributed by atoms with Gasteiger partial charge >= 0.3 is 0 Å². The summed E-state index contributed by atoms with van der Waals surface area (Å²) in [4.78, 5) is 38.3. The molecule has 0 spiro atoms.